The number of nitrogens with zero attached hydrogens (tertiary/aromatic N) is 3. The third kappa shape index (κ3) is 2.60. The highest BCUT2D eigenvalue weighted by molar-refractivity contribution is 7.15. The van der Waals surface area contributed by atoms with Crippen molar-refractivity contribution in [3.05, 3.63) is 23.1 Å². The van der Waals surface area contributed by atoms with E-state index in [-0.39, 0.29) is 11.9 Å². The molecule has 1 aliphatic rings. The molecule has 0 saturated carbocycles. The van der Waals surface area contributed by atoms with Crippen LogP contribution in [0.5, 0.6) is 0 Å². The van der Waals surface area contributed by atoms with Crippen LogP contribution in [0.3, 0.4) is 0 Å². The summed E-state index contributed by atoms with van der Waals surface area (Å²) in [6.07, 6.45) is 6.52. The minimum atomic E-state index is -0.198. The number of hydrogen-bond acceptors (Lipinski definition) is 5. The molecule has 2 aromatic rings. The van der Waals surface area contributed by atoms with Crippen LogP contribution in [-0.2, 0) is 22.5 Å². The zero-order chi connectivity index (χ0) is 14.8. The molecule has 0 fully saturated rings. The van der Waals surface area contributed by atoms with E-state index in [1.807, 2.05) is 19.4 Å². The summed E-state index contributed by atoms with van der Waals surface area (Å²) in [7, 11) is 0. The molecule has 6 heteroatoms. The fourth-order valence-electron chi connectivity index (χ4n) is 2.75. The number of rotatable bonds is 4. The quantitative estimate of drug-likeness (QED) is 0.815. The fraction of sp³-hybridized carbons (Fsp3) is 0.533. The first-order valence-electron chi connectivity index (χ1n) is 7.41. The zero-order valence-corrected chi connectivity index (χ0v) is 13.2. The number of aryl methyl sites for hydroxylation is 2. The molecule has 0 spiro atoms. The standard InChI is InChI=1S/C15H19N3O2S/c1-3-18-9-16-8-11(18)14-17-13-10(15(19)20-4-2)6-5-7-12(13)21-14/h8-10H,3-7H2,1-2H3. The van der Waals surface area contributed by atoms with Crippen LogP contribution in [-0.4, -0.2) is 27.1 Å². The lowest BCUT2D eigenvalue weighted by molar-refractivity contribution is -0.145. The van der Waals surface area contributed by atoms with E-state index in [1.165, 1.54) is 4.88 Å². The fourth-order valence-corrected chi connectivity index (χ4v) is 3.94. The summed E-state index contributed by atoms with van der Waals surface area (Å²) < 4.78 is 7.26. The second-order valence-electron chi connectivity index (χ2n) is 5.09. The van der Waals surface area contributed by atoms with Gasteiger partial charge in [0.25, 0.3) is 0 Å². The van der Waals surface area contributed by atoms with Gasteiger partial charge < -0.3 is 9.30 Å². The van der Waals surface area contributed by atoms with Crippen molar-refractivity contribution in [2.45, 2.75) is 45.6 Å². The van der Waals surface area contributed by atoms with Crippen molar-refractivity contribution in [3.8, 4) is 10.7 Å². The van der Waals surface area contributed by atoms with Crippen molar-refractivity contribution >= 4 is 17.3 Å². The van der Waals surface area contributed by atoms with Crippen LogP contribution in [0.4, 0.5) is 0 Å². The number of esters is 1. The summed E-state index contributed by atoms with van der Waals surface area (Å²) >= 11 is 1.68. The molecule has 0 aromatic carbocycles. The smallest absolute Gasteiger partial charge is 0.315 e. The van der Waals surface area contributed by atoms with Gasteiger partial charge >= 0.3 is 5.97 Å². The molecule has 112 valence electrons. The highest BCUT2D eigenvalue weighted by atomic mass is 32.1. The van der Waals surface area contributed by atoms with Gasteiger partial charge in [-0.15, -0.1) is 11.3 Å². The van der Waals surface area contributed by atoms with Gasteiger partial charge in [0.05, 0.1) is 30.5 Å². The Hall–Kier alpha value is -1.69. The number of hydrogen-bond donors (Lipinski definition) is 0. The molecule has 0 bridgehead atoms. The molecule has 0 amide bonds. The Morgan fingerprint density at radius 3 is 3.14 bits per heavy atom. The van der Waals surface area contributed by atoms with E-state index in [1.54, 1.807) is 11.3 Å². The molecular weight excluding hydrogens is 286 g/mol. The monoisotopic (exact) mass is 305 g/mol. The van der Waals surface area contributed by atoms with Crippen molar-refractivity contribution in [1.29, 1.82) is 0 Å². The zero-order valence-electron chi connectivity index (χ0n) is 12.3. The minimum absolute atomic E-state index is 0.140. The van der Waals surface area contributed by atoms with Crippen LogP contribution >= 0.6 is 11.3 Å². The first-order chi connectivity index (χ1) is 10.2. The van der Waals surface area contributed by atoms with Gasteiger partial charge in [0.15, 0.2) is 0 Å². The summed E-state index contributed by atoms with van der Waals surface area (Å²) in [6.45, 7) is 5.21. The van der Waals surface area contributed by atoms with Crippen molar-refractivity contribution < 1.29 is 9.53 Å². The number of fused-ring (bicyclic) bond motifs is 1. The minimum Gasteiger partial charge on any atom is -0.465 e. The summed E-state index contributed by atoms with van der Waals surface area (Å²) in [4.78, 5) is 22.3. The lowest BCUT2D eigenvalue weighted by Crippen LogP contribution is -2.20. The van der Waals surface area contributed by atoms with E-state index in [0.717, 1.165) is 42.2 Å². The van der Waals surface area contributed by atoms with Crippen LogP contribution in [0.1, 0.15) is 43.2 Å². The van der Waals surface area contributed by atoms with Gasteiger partial charge in [-0.1, -0.05) is 0 Å². The molecule has 0 radical (unpaired) electrons. The second-order valence-corrected chi connectivity index (χ2v) is 6.17. The molecule has 0 N–H and O–H groups in total. The van der Waals surface area contributed by atoms with E-state index in [4.69, 9.17) is 9.72 Å². The van der Waals surface area contributed by atoms with Crippen molar-refractivity contribution in [2.75, 3.05) is 6.61 Å². The first kappa shape index (κ1) is 14.3. The van der Waals surface area contributed by atoms with E-state index >= 15 is 0 Å². The maximum Gasteiger partial charge on any atom is 0.315 e. The van der Waals surface area contributed by atoms with Crippen LogP contribution in [0.15, 0.2) is 12.5 Å². The van der Waals surface area contributed by atoms with Gasteiger partial charge in [0, 0.05) is 11.4 Å². The molecule has 21 heavy (non-hydrogen) atoms. The van der Waals surface area contributed by atoms with Crippen LogP contribution in [0.2, 0.25) is 0 Å². The highest BCUT2D eigenvalue weighted by Gasteiger charge is 2.31. The molecular formula is C15H19N3O2S. The predicted octanol–water partition coefficient (Wildman–Crippen LogP) is 3.01. The molecule has 3 rings (SSSR count). The third-order valence-corrected chi connectivity index (χ3v) is 4.95. The van der Waals surface area contributed by atoms with E-state index in [0.29, 0.717) is 6.61 Å². The lowest BCUT2D eigenvalue weighted by atomic mass is 9.91. The number of aromatic nitrogens is 3. The molecule has 0 aliphatic heterocycles. The van der Waals surface area contributed by atoms with Crippen LogP contribution in [0, 0.1) is 0 Å². The van der Waals surface area contributed by atoms with Gasteiger partial charge in [0.1, 0.15) is 10.9 Å². The predicted molar refractivity (Wildman–Crippen MR) is 81.3 cm³/mol. The van der Waals surface area contributed by atoms with Gasteiger partial charge in [0.2, 0.25) is 0 Å². The van der Waals surface area contributed by atoms with E-state index in [2.05, 4.69) is 16.5 Å². The summed E-state index contributed by atoms with van der Waals surface area (Å²) in [5.41, 5.74) is 1.95. The van der Waals surface area contributed by atoms with Crippen molar-refractivity contribution in [3.63, 3.8) is 0 Å². The average molecular weight is 305 g/mol. The van der Waals surface area contributed by atoms with Crippen LogP contribution < -0.4 is 0 Å². The Labute approximate surface area is 128 Å². The van der Waals surface area contributed by atoms with Gasteiger partial charge in [-0.25, -0.2) is 9.97 Å². The molecule has 2 aromatic heterocycles. The maximum absolute atomic E-state index is 12.1. The number of ether oxygens (including phenoxy) is 1. The number of imidazole rings is 1. The normalized spacial score (nSPS) is 17.5. The summed E-state index contributed by atoms with van der Waals surface area (Å²) in [6, 6.07) is 0. The Morgan fingerprint density at radius 2 is 2.38 bits per heavy atom. The molecule has 0 saturated heterocycles. The van der Waals surface area contributed by atoms with Crippen LogP contribution in [0.25, 0.3) is 10.7 Å². The Kier molecular flexibility index (Phi) is 4.05. The van der Waals surface area contributed by atoms with Gasteiger partial charge in [-0.2, -0.15) is 0 Å². The molecule has 1 aliphatic carbocycles. The number of carbonyl (C=O) groups excluding carboxylic acids is 1. The van der Waals surface area contributed by atoms with Gasteiger partial charge in [-0.3, -0.25) is 4.79 Å². The third-order valence-electron chi connectivity index (χ3n) is 3.80. The van der Waals surface area contributed by atoms with Gasteiger partial charge in [-0.05, 0) is 33.1 Å². The molecule has 2 heterocycles. The Bertz CT molecular complexity index is 647. The number of thiazole rings is 1. The Morgan fingerprint density at radius 1 is 1.52 bits per heavy atom. The Balaban J connectivity index is 1.96. The molecule has 5 nitrogen and oxygen atoms in total. The lowest BCUT2D eigenvalue weighted by Gasteiger charge is -2.19. The van der Waals surface area contributed by atoms with E-state index < -0.39 is 0 Å². The summed E-state index contributed by atoms with van der Waals surface area (Å²) in [5, 5.41) is 0.954. The maximum atomic E-state index is 12.1. The molecule has 1 unspecified atom stereocenters. The number of carbonyl (C=O) groups is 1. The largest absolute Gasteiger partial charge is 0.465 e. The van der Waals surface area contributed by atoms with Crippen molar-refractivity contribution in [2.24, 2.45) is 0 Å². The topological polar surface area (TPSA) is 57.0 Å². The SMILES string of the molecule is CCOC(=O)C1CCCc2sc(-c3cncn3CC)nc21. The molecule has 1 atom stereocenters. The second kappa shape index (κ2) is 5.97. The summed E-state index contributed by atoms with van der Waals surface area (Å²) in [5.74, 6) is -0.337. The van der Waals surface area contributed by atoms with Crippen molar-refractivity contribution in [1.82, 2.24) is 14.5 Å². The van der Waals surface area contributed by atoms with E-state index in [9.17, 15) is 4.79 Å². The highest BCUT2D eigenvalue weighted by Crippen LogP contribution is 2.38. The average Bonchev–Trinajstić information content (AvgIpc) is 3.12. The first-order valence-corrected chi connectivity index (χ1v) is 8.23.